The number of fused-ring (bicyclic) bond motifs is 1. The molecule has 1 unspecified atom stereocenters. The molecule has 2 aromatic rings. The maximum Gasteiger partial charge on any atom is 0.184 e. The molecule has 0 bridgehead atoms. The highest BCUT2D eigenvalue weighted by molar-refractivity contribution is 5.82. The van der Waals surface area contributed by atoms with Crippen molar-refractivity contribution in [3.63, 3.8) is 0 Å². The Hall–Kier alpha value is -2.02. The minimum atomic E-state index is -0.342. The zero-order valence-corrected chi connectivity index (χ0v) is 13.2. The van der Waals surface area contributed by atoms with Crippen LogP contribution in [0.2, 0.25) is 0 Å². The summed E-state index contributed by atoms with van der Waals surface area (Å²) in [5.74, 6) is 1.11. The summed E-state index contributed by atoms with van der Waals surface area (Å²) in [4.78, 5) is 19.1. The van der Waals surface area contributed by atoms with Gasteiger partial charge in [-0.3, -0.25) is 0 Å². The Morgan fingerprint density at radius 2 is 2.18 bits per heavy atom. The maximum atomic E-state index is 10.3. The van der Waals surface area contributed by atoms with Gasteiger partial charge >= 0.3 is 0 Å². The van der Waals surface area contributed by atoms with E-state index >= 15 is 0 Å². The average molecular weight is 302 g/mol. The van der Waals surface area contributed by atoms with Crippen LogP contribution in [0.1, 0.15) is 32.2 Å². The summed E-state index contributed by atoms with van der Waals surface area (Å²) < 4.78 is 1.98. The molecule has 1 saturated carbocycles. The van der Waals surface area contributed by atoms with Crippen LogP contribution in [0.15, 0.2) is 17.6 Å². The fraction of sp³-hybridized carbons (Fsp3) is 0.600. The van der Waals surface area contributed by atoms with Gasteiger partial charge in [0.25, 0.3) is 0 Å². The molecule has 0 aliphatic heterocycles. The van der Waals surface area contributed by atoms with Crippen LogP contribution in [0, 0.1) is 5.92 Å². The molecule has 7 heteroatoms. The first kappa shape index (κ1) is 14.9. The number of aliphatic hydroxyl groups is 1. The number of aromatic nitrogens is 4. The summed E-state index contributed by atoms with van der Waals surface area (Å²) in [6, 6.07) is 0.0375. The van der Waals surface area contributed by atoms with Crippen LogP contribution in [-0.4, -0.2) is 56.1 Å². The lowest BCUT2D eigenvalue weighted by molar-refractivity contribution is 0.136. The highest BCUT2D eigenvalue weighted by Gasteiger charge is 2.34. The Labute approximate surface area is 129 Å². The van der Waals surface area contributed by atoms with Gasteiger partial charge in [-0.1, -0.05) is 13.3 Å². The van der Waals surface area contributed by atoms with Gasteiger partial charge in [0, 0.05) is 14.1 Å². The van der Waals surface area contributed by atoms with E-state index in [1.165, 1.54) is 6.33 Å². The van der Waals surface area contributed by atoms with Gasteiger partial charge in [-0.15, -0.1) is 0 Å². The lowest BCUT2D eigenvalue weighted by Gasteiger charge is -2.16. The highest BCUT2D eigenvalue weighted by atomic mass is 16.3. The largest absolute Gasteiger partial charge is 0.391 e. The molecular weight excluding hydrogens is 280 g/mol. The van der Waals surface area contributed by atoms with Gasteiger partial charge < -0.3 is 14.6 Å². The van der Waals surface area contributed by atoms with E-state index in [1.807, 2.05) is 23.6 Å². The summed E-state index contributed by atoms with van der Waals surface area (Å²) in [6.45, 7) is 2.17. The Morgan fingerprint density at radius 3 is 2.86 bits per heavy atom. The standard InChI is InChI=1S/C15H22N6O/c1-4-10-5-11(12(22)6-10)21-9-18-13-14(19-8-20(2)3)16-7-17-15(13)21/h7-12,22H,4-6H2,1-3H3/b19-8+/t10-,11+,12?/m0/s1. The van der Waals surface area contributed by atoms with Gasteiger partial charge in [0.1, 0.15) is 6.33 Å². The number of aliphatic hydroxyl groups excluding tert-OH is 1. The zero-order chi connectivity index (χ0) is 15.7. The third-order valence-corrected chi connectivity index (χ3v) is 4.28. The topological polar surface area (TPSA) is 79.4 Å². The first-order chi connectivity index (χ1) is 10.6. The second kappa shape index (κ2) is 6.00. The predicted molar refractivity (Wildman–Crippen MR) is 85.2 cm³/mol. The van der Waals surface area contributed by atoms with Crippen molar-refractivity contribution in [1.29, 1.82) is 0 Å². The van der Waals surface area contributed by atoms with Crippen LogP contribution >= 0.6 is 0 Å². The van der Waals surface area contributed by atoms with Gasteiger partial charge in [-0.25, -0.2) is 19.9 Å². The third kappa shape index (κ3) is 2.68. The number of hydrogen-bond acceptors (Lipinski definition) is 5. The van der Waals surface area contributed by atoms with Crippen LogP contribution < -0.4 is 0 Å². The van der Waals surface area contributed by atoms with E-state index in [1.54, 1.807) is 12.7 Å². The van der Waals surface area contributed by atoms with E-state index in [9.17, 15) is 5.11 Å². The van der Waals surface area contributed by atoms with Crippen molar-refractivity contribution in [1.82, 2.24) is 24.4 Å². The zero-order valence-electron chi connectivity index (χ0n) is 13.2. The van der Waals surface area contributed by atoms with Crippen molar-refractivity contribution in [3.8, 4) is 0 Å². The molecule has 0 radical (unpaired) electrons. The van der Waals surface area contributed by atoms with E-state index in [4.69, 9.17) is 0 Å². The predicted octanol–water partition coefficient (Wildman–Crippen LogP) is 1.77. The molecule has 3 rings (SSSR count). The Kier molecular flexibility index (Phi) is 4.06. The molecule has 0 amide bonds. The monoisotopic (exact) mass is 302 g/mol. The van der Waals surface area contributed by atoms with Gasteiger partial charge in [-0.2, -0.15) is 0 Å². The molecule has 1 aliphatic carbocycles. The molecule has 0 saturated heterocycles. The summed E-state index contributed by atoms with van der Waals surface area (Å²) >= 11 is 0. The number of nitrogens with zero attached hydrogens (tertiary/aromatic N) is 6. The molecule has 1 fully saturated rings. The van der Waals surface area contributed by atoms with E-state index in [0.717, 1.165) is 24.9 Å². The molecule has 118 valence electrons. The van der Waals surface area contributed by atoms with Gasteiger partial charge in [0.2, 0.25) is 0 Å². The van der Waals surface area contributed by atoms with Crippen LogP contribution in [0.4, 0.5) is 5.82 Å². The van der Waals surface area contributed by atoms with Crippen molar-refractivity contribution >= 4 is 23.3 Å². The van der Waals surface area contributed by atoms with Gasteiger partial charge in [0.05, 0.1) is 24.8 Å². The number of rotatable bonds is 4. The Bertz CT molecular complexity index is 680. The molecule has 1 N–H and O–H groups in total. The minimum Gasteiger partial charge on any atom is -0.391 e. The lowest BCUT2D eigenvalue weighted by atomic mass is 10.1. The normalized spacial score (nSPS) is 25.4. The molecule has 7 nitrogen and oxygen atoms in total. The molecule has 0 spiro atoms. The molecule has 22 heavy (non-hydrogen) atoms. The van der Waals surface area contributed by atoms with Crippen LogP contribution in [0.5, 0.6) is 0 Å². The molecular formula is C15H22N6O. The third-order valence-electron chi connectivity index (χ3n) is 4.28. The van der Waals surface area contributed by atoms with E-state index < -0.39 is 0 Å². The fourth-order valence-corrected chi connectivity index (χ4v) is 3.07. The number of aliphatic imine (C=N–C) groups is 1. The molecule has 1 aliphatic rings. The van der Waals surface area contributed by atoms with Crippen molar-refractivity contribution < 1.29 is 5.11 Å². The maximum absolute atomic E-state index is 10.3. The van der Waals surface area contributed by atoms with Gasteiger partial charge in [-0.05, 0) is 18.8 Å². The minimum absolute atomic E-state index is 0.0375. The van der Waals surface area contributed by atoms with Crippen molar-refractivity contribution in [2.45, 2.75) is 38.3 Å². The number of hydrogen-bond donors (Lipinski definition) is 1. The summed E-state index contributed by atoms with van der Waals surface area (Å²) in [5.41, 5.74) is 1.41. The van der Waals surface area contributed by atoms with E-state index in [2.05, 4.69) is 26.9 Å². The molecule has 2 heterocycles. The van der Waals surface area contributed by atoms with Crippen LogP contribution in [0.25, 0.3) is 11.2 Å². The second-order valence-electron chi connectivity index (χ2n) is 6.11. The first-order valence-electron chi connectivity index (χ1n) is 7.66. The summed E-state index contributed by atoms with van der Waals surface area (Å²) in [5, 5.41) is 10.3. The summed E-state index contributed by atoms with van der Waals surface area (Å²) in [7, 11) is 3.81. The van der Waals surface area contributed by atoms with E-state index in [-0.39, 0.29) is 12.1 Å². The quantitative estimate of drug-likeness (QED) is 0.688. The lowest BCUT2D eigenvalue weighted by Crippen LogP contribution is -2.17. The van der Waals surface area contributed by atoms with Crippen molar-refractivity contribution in [2.24, 2.45) is 10.9 Å². The average Bonchev–Trinajstić information content (AvgIpc) is 3.08. The van der Waals surface area contributed by atoms with Crippen LogP contribution in [0.3, 0.4) is 0 Å². The Balaban J connectivity index is 1.98. The second-order valence-corrected chi connectivity index (χ2v) is 6.11. The van der Waals surface area contributed by atoms with E-state index in [0.29, 0.717) is 17.3 Å². The molecule has 2 aromatic heterocycles. The first-order valence-corrected chi connectivity index (χ1v) is 7.66. The molecule has 0 aromatic carbocycles. The fourth-order valence-electron chi connectivity index (χ4n) is 3.07. The smallest absolute Gasteiger partial charge is 0.184 e. The SMILES string of the molecule is CC[C@@H]1CC(O)[C@H](n2cnc3c(/N=C/N(C)C)ncnc32)C1. The van der Waals surface area contributed by atoms with Crippen molar-refractivity contribution in [3.05, 3.63) is 12.7 Å². The highest BCUT2D eigenvalue weighted by Crippen LogP contribution is 2.38. The van der Waals surface area contributed by atoms with Gasteiger partial charge in [0.15, 0.2) is 17.0 Å². The van der Waals surface area contributed by atoms with Crippen molar-refractivity contribution in [2.75, 3.05) is 14.1 Å². The summed E-state index contributed by atoms with van der Waals surface area (Å²) in [6.07, 6.45) is 7.50. The number of imidazole rings is 1. The Morgan fingerprint density at radius 1 is 1.36 bits per heavy atom. The van der Waals surface area contributed by atoms with Crippen LogP contribution in [-0.2, 0) is 0 Å². The molecule has 3 atom stereocenters.